The van der Waals surface area contributed by atoms with E-state index < -0.39 is 6.04 Å². The molecule has 128 valence electrons. The van der Waals surface area contributed by atoms with Crippen molar-refractivity contribution < 1.29 is 9.53 Å². The summed E-state index contributed by atoms with van der Waals surface area (Å²) in [5.41, 5.74) is 7.58. The molecule has 0 aromatic heterocycles. The molecule has 0 bridgehead atoms. The zero-order chi connectivity index (χ0) is 17.7. The molecule has 2 aromatic rings. The molecule has 1 unspecified atom stereocenters. The largest absolute Gasteiger partial charge is 0.496 e. The Balaban J connectivity index is 2.23. The number of rotatable bonds is 7. The average Bonchev–Trinajstić information content (AvgIpc) is 2.56. The number of primary amides is 1. The molecule has 0 radical (unpaired) electrons. The summed E-state index contributed by atoms with van der Waals surface area (Å²) in [6, 6.07) is 13.2. The first kappa shape index (κ1) is 18.8. The normalized spacial score (nSPS) is 12.2. The van der Waals surface area contributed by atoms with E-state index in [0.29, 0.717) is 6.54 Å². The Bertz CT molecular complexity index is 707. The van der Waals surface area contributed by atoms with E-state index in [4.69, 9.17) is 10.5 Å². The second-order valence-corrected chi connectivity index (χ2v) is 7.22. The fraction of sp³-hybridized carbons (Fsp3) is 0.278. The molecule has 0 fully saturated rings. The number of halogens is 1. The molecule has 0 aliphatic carbocycles. The third-order valence-corrected chi connectivity index (χ3v) is 5.08. The molecule has 0 spiro atoms. The maximum Gasteiger partial charge on any atom is 0.239 e. The molecule has 2 N–H and O–H groups in total. The van der Waals surface area contributed by atoms with E-state index in [0.717, 1.165) is 26.2 Å². The van der Waals surface area contributed by atoms with Crippen molar-refractivity contribution in [2.45, 2.75) is 17.5 Å². The predicted molar refractivity (Wildman–Crippen MR) is 102 cm³/mol. The van der Waals surface area contributed by atoms with Crippen LogP contribution in [0.4, 0.5) is 0 Å². The Hall–Kier alpha value is -1.50. The Kier molecular flexibility index (Phi) is 6.71. The molecule has 1 atom stereocenters. The number of carbonyl (C=O) groups is 1. The van der Waals surface area contributed by atoms with E-state index in [1.54, 1.807) is 18.9 Å². The van der Waals surface area contributed by atoms with Crippen LogP contribution >= 0.6 is 27.7 Å². The minimum Gasteiger partial charge on any atom is -0.496 e. The number of carbonyl (C=O) groups excluding carboxylic acids is 1. The van der Waals surface area contributed by atoms with Crippen LogP contribution in [0, 0.1) is 0 Å². The van der Waals surface area contributed by atoms with Gasteiger partial charge in [-0.15, -0.1) is 11.8 Å². The molecule has 0 saturated heterocycles. The standard InChI is InChI=1S/C18H21BrN2O2S/c1-21(11-12-4-9-16(24-3)15(10-12)23-2)17(18(20)22)13-5-7-14(19)8-6-13/h4-10,17H,11H2,1-3H3,(H2,20,22). The van der Waals surface area contributed by atoms with E-state index in [1.165, 1.54) is 0 Å². The molecule has 0 aliphatic rings. The highest BCUT2D eigenvalue weighted by atomic mass is 79.9. The van der Waals surface area contributed by atoms with Gasteiger partial charge in [-0.2, -0.15) is 0 Å². The smallest absolute Gasteiger partial charge is 0.239 e. The molecular weight excluding hydrogens is 388 g/mol. The zero-order valence-electron chi connectivity index (χ0n) is 14.0. The van der Waals surface area contributed by atoms with Gasteiger partial charge in [-0.05, 0) is 48.7 Å². The van der Waals surface area contributed by atoms with Crippen LogP contribution in [-0.2, 0) is 11.3 Å². The van der Waals surface area contributed by atoms with Crippen molar-refractivity contribution in [2.24, 2.45) is 5.73 Å². The van der Waals surface area contributed by atoms with Gasteiger partial charge in [0.25, 0.3) is 0 Å². The van der Waals surface area contributed by atoms with Crippen molar-refractivity contribution in [1.82, 2.24) is 4.90 Å². The molecule has 6 heteroatoms. The number of nitrogens with two attached hydrogens (primary N) is 1. The molecule has 0 saturated carbocycles. The lowest BCUT2D eigenvalue weighted by Gasteiger charge is -2.26. The van der Waals surface area contributed by atoms with Crippen molar-refractivity contribution in [3.8, 4) is 5.75 Å². The summed E-state index contributed by atoms with van der Waals surface area (Å²) in [4.78, 5) is 15.0. The van der Waals surface area contributed by atoms with E-state index in [9.17, 15) is 4.79 Å². The van der Waals surface area contributed by atoms with Crippen LogP contribution in [0.25, 0.3) is 0 Å². The van der Waals surface area contributed by atoms with E-state index >= 15 is 0 Å². The van der Waals surface area contributed by atoms with Crippen LogP contribution in [0.3, 0.4) is 0 Å². The topological polar surface area (TPSA) is 55.6 Å². The molecule has 24 heavy (non-hydrogen) atoms. The monoisotopic (exact) mass is 408 g/mol. The fourth-order valence-corrected chi connectivity index (χ4v) is 3.45. The predicted octanol–water partition coefficient (Wildman–Crippen LogP) is 3.84. The quantitative estimate of drug-likeness (QED) is 0.707. The lowest BCUT2D eigenvalue weighted by atomic mass is 10.0. The zero-order valence-corrected chi connectivity index (χ0v) is 16.4. The highest BCUT2D eigenvalue weighted by Gasteiger charge is 2.23. The summed E-state index contributed by atoms with van der Waals surface area (Å²) in [7, 11) is 3.56. The number of amides is 1. The molecule has 0 heterocycles. The first-order valence-corrected chi connectivity index (χ1v) is 9.44. The van der Waals surface area contributed by atoms with Gasteiger partial charge in [-0.1, -0.05) is 34.1 Å². The van der Waals surface area contributed by atoms with Gasteiger partial charge in [0.1, 0.15) is 11.8 Å². The first-order chi connectivity index (χ1) is 11.5. The molecular formula is C18H21BrN2O2S. The van der Waals surface area contributed by atoms with Crippen LogP contribution in [0.5, 0.6) is 5.75 Å². The minimum atomic E-state index is -0.482. The number of nitrogens with zero attached hydrogens (tertiary/aromatic N) is 1. The number of ether oxygens (including phenoxy) is 1. The summed E-state index contributed by atoms with van der Waals surface area (Å²) in [6.45, 7) is 0.592. The highest BCUT2D eigenvalue weighted by Crippen LogP contribution is 2.30. The van der Waals surface area contributed by atoms with Crippen LogP contribution in [-0.4, -0.2) is 31.2 Å². The van der Waals surface area contributed by atoms with Gasteiger partial charge in [0, 0.05) is 15.9 Å². The SMILES string of the molecule is COc1cc(CN(C)C(C(N)=O)c2ccc(Br)cc2)ccc1SC. The second kappa shape index (κ2) is 8.55. The van der Waals surface area contributed by atoms with Crippen LogP contribution < -0.4 is 10.5 Å². The second-order valence-electron chi connectivity index (χ2n) is 5.46. The Morgan fingerprint density at radius 2 is 1.96 bits per heavy atom. The molecule has 0 aliphatic heterocycles. The molecule has 1 amide bonds. The highest BCUT2D eigenvalue weighted by molar-refractivity contribution is 9.10. The number of thioether (sulfide) groups is 1. The van der Waals surface area contributed by atoms with Gasteiger partial charge in [0.15, 0.2) is 0 Å². The Morgan fingerprint density at radius 3 is 2.50 bits per heavy atom. The minimum absolute atomic E-state index is 0.368. The summed E-state index contributed by atoms with van der Waals surface area (Å²) in [6.07, 6.45) is 2.01. The van der Waals surface area contributed by atoms with E-state index in [2.05, 4.69) is 15.9 Å². The number of likely N-dealkylation sites (N-methyl/N-ethyl adjacent to an activating group) is 1. The Labute approximate surface area is 155 Å². The van der Waals surface area contributed by atoms with Crippen LogP contribution in [0.1, 0.15) is 17.2 Å². The van der Waals surface area contributed by atoms with E-state index in [1.807, 2.05) is 60.7 Å². The van der Waals surface area contributed by atoms with Gasteiger partial charge in [-0.25, -0.2) is 0 Å². The van der Waals surface area contributed by atoms with E-state index in [-0.39, 0.29) is 5.91 Å². The lowest BCUT2D eigenvalue weighted by molar-refractivity contribution is -0.123. The number of methoxy groups -OCH3 is 1. The van der Waals surface area contributed by atoms with Crippen LogP contribution in [0.15, 0.2) is 51.8 Å². The average molecular weight is 409 g/mol. The van der Waals surface area contributed by atoms with Crippen molar-refractivity contribution in [3.63, 3.8) is 0 Å². The number of hydrogen-bond donors (Lipinski definition) is 1. The first-order valence-electron chi connectivity index (χ1n) is 7.42. The van der Waals surface area contributed by atoms with Crippen molar-refractivity contribution in [1.29, 1.82) is 0 Å². The maximum absolute atomic E-state index is 12.0. The van der Waals surface area contributed by atoms with Crippen molar-refractivity contribution in [2.75, 3.05) is 20.4 Å². The van der Waals surface area contributed by atoms with Crippen LogP contribution in [0.2, 0.25) is 0 Å². The summed E-state index contributed by atoms with van der Waals surface area (Å²) in [5, 5.41) is 0. The summed E-state index contributed by atoms with van der Waals surface area (Å²) < 4.78 is 6.40. The number of benzene rings is 2. The maximum atomic E-state index is 12.0. The summed E-state index contributed by atoms with van der Waals surface area (Å²) >= 11 is 5.05. The van der Waals surface area contributed by atoms with Crippen molar-refractivity contribution in [3.05, 3.63) is 58.1 Å². The number of hydrogen-bond acceptors (Lipinski definition) is 4. The molecule has 4 nitrogen and oxygen atoms in total. The lowest BCUT2D eigenvalue weighted by Crippen LogP contribution is -2.35. The molecule has 2 aromatic carbocycles. The third-order valence-electron chi connectivity index (χ3n) is 3.78. The third kappa shape index (κ3) is 4.53. The molecule has 2 rings (SSSR count). The van der Waals surface area contributed by atoms with Gasteiger partial charge in [-0.3, -0.25) is 9.69 Å². The summed E-state index contributed by atoms with van der Waals surface area (Å²) in [5.74, 6) is 0.472. The fourth-order valence-electron chi connectivity index (χ4n) is 2.64. The van der Waals surface area contributed by atoms with Gasteiger partial charge >= 0.3 is 0 Å². The van der Waals surface area contributed by atoms with Crippen molar-refractivity contribution >= 4 is 33.6 Å². The Morgan fingerprint density at radius 1 is 1.29 bits per heavy atom. The van der Waals surface area contributed by atoms with Gasteiger partial charge < -0.3 is 10.5 Å². The van der Waals surface area contributed by atoms with Gasteiger partial charge in [0.05, 0.1) is 7.11 Å². The van der Waals surface area contributed by atoms with Gasteiger partial charge in [0.2, 0.25) is 5.91 Å².